The predicted octanol–water partition coefficient (Wildman–Crippen LogP) is 2.35. The largest absolute Gasteiger partial charge is 0.392 e. The molecule has 7 heteroatoms. The summed E-state index contributed by atoms with van der Waals surface area (Å²) in [5.74, 6) is 0. The first-order chi connectivity index (χ1) is 10.7. The molecule has 0 saturated carbocycles. The number of amides is 2. The summed E-state index contributed by atoms with van der Waals surface area (Å²) >= 11 is 1.40. The Kier molecular flexibility index (Phi) is 6.29. The van der Waals surface area contributed by atoms with Gasteiger partial charge in [-0.2, -0.15) is 0 Å². The van der Waals surface area contributed by atoms with Crippen LogP contribution < -0.4 is 10.6 Å². The first-order valence-electron chi connectivity index (χ1n) is 7.27. The number of nitrogens with one attached hydrogen (secondary N) is 2. The van der Waals surface area contributed by atoms with Gasteiger partial charge in [0.15, 0.2) is 0 Å². The van der Waals surface area contributed by atoms with Gasteiger partial charge >= 0.3 is 6.03 Å². The maximum absolute atomic E-state index is 11.8. The molecule has 3 N–H and O–H groups in total. The highest BCUT2D eigenvalue weighted by Crippen LogP contribution is 2.16. The van der Waals surface area contributed by atoms with Gasteiger partial charge in [-0.25, -0.2) is 4.79 Å². The lowest BCUT2D eigenvalue weighted by atomic mass is 10.1. The fraction of sp³-hybridized carbons (Fsp3) is 0.400. The molecule has 0 saturated heterocycles. The number of aryl methyl sites for hydroxylation is 1. The summed E-state index contributed by atoms with van der Waals surface area (Å²) in [5.41, 5.74) is 1.99. The average Bonchev–Trinajstić information content (AvgIpc) is 2.95. The fourth-order valence-electron chi connectivity index (χ4n) is 1.89. The smallest absolute Gasteiger partial charge is 0.321 e. The topological polar surface area (TPSA) is 87.1 Å². The van der Waals surface area contributed by atoms with E-state index in [9.17, 15) is 4.79 Å². The van der Waals surface area contributed by atoms with E-state index < -0.39 is 0 Å². The third kappa shape index (κ3) is 5.09. The molecule has 0 unspecified atom stereocenters. The van der Waals surface area contributed by atoms with Crippen LogP contribution in [0, 0.1) is 0 Å². The van der Waals surface area contributed by atoms with E-state index in [4.69, 9.17) is 5.11 Å². The second-order valence-electron chi connectivity index (χ2n) is 4.86. The number of aromatic nitrogens is 2. The molecule has 2 rings (SSSR count). The monoisotopic (exact) mass is 320 g/mol. The Morgan fingerprint density at radius 2 is 1.91 bits per heavy atom. The molecule has 2 amide bonds. The van der Waals surface area contributed by atoms with Crippen molar-refractivity contribution >= 4 is 22.5 Å². The van der Waals surface area contributed by atoms with Crippen LogP contribution in [0.5, 0.6) is 0 Å². The summed E-state index contributed by atoms with van der Waals surface area (Å²) < 4.78 is 0. The Morgan fingerprint density at radius 3 is 2.59 bits per heavy atom. The van der Waals surface area contributed by atoms with Gasteiger partial charge in [0, 0.05) is 13.0 Å². The lowest BCUT2D eigenvalue weighted by Crippen LogP contribution is -2.30. The van der Waals surface area contributed by atoms with Crippen LogP contribution in [-0.2, 0) is 19.4 Å². The van der Waals surface area contributed by atoms with Crippen LogP contribution in [0.3, 0.4) is 0 Å². The van der Waals surface area contributed by atoms with Gasteiger partial charge in [-0.05, 0) is 24.0 Å². The molecule has 0 bridgehead atoms. The Morgan fingerprint density at radius 1 is 1.18 bits per heavy atom. The van der Waals surface area contributed by atoms with Gasteiger partial charge in [-0.3, -0.25) is 5.32 Å². The summed E-state index contributed by atoms with van der Waals surface area (Å²) in [6.45, 7) is 2.65. The van der Waals surface area contributed by atoms with E-state index in [-0.39, 0.29) is 12.6 Å². The van der Waals surface area contributed by atoms with Crippen molar-refractivity contribution in [1.29, 1.82) is 0 Å². The molecule has 0 spiro atoms. The number of carbonyl (C=O) groups is 1. The zero-order valence-electron chi connectivity index (χ0n) is 12.5. The van der Waals surface area contributed by atoms with Crippen molar-refractivity contribution in [2.75, 3.05) is 11.9 Å². The maximum Gasteiger partial charge on any atom is 0.321 e. The Hall–Kier alpha value is -1.99. The number of anilines is 1. The van der Waals surface area contributed by atoms with E-state index in [1.54, 1.807) is 0 Å². The van der Waals surface area contributed by atoms with Crippen LogP contribution in [-0.4, -0.2) is 27.9 Å². The molecule has 0 aliphatic rings. The first kappa shape index (κ1) is 16.4. The van der Waals surface area contributed by atoms with Gasteiger partial charge in [0.2, 0.25) is 5.13 Å². The lowest BCUT2D eigenvalue weighted by Gasteiger charge is -2.05. The Balaban J connectivity index is 1.72. The van der Waals surface area contributed by atoms with Crippen molar-refractivity contribution in [2.45, 2.75) is 32.8 Å². The minimum atomic E-state index is -0.272. The second-order valence-corrected chi connectivity index (χ2v) is 5.92. The zero-order chi connectivity index (χ0) is 15.8. The highest BCUT2D eigenvalue weighted by Gasteiger charge is 2.07. The van der Waals surface area contributed by atoms with Gasteiger partial charge in [0.05, 0.1) is 6.61 Å². The number of urea groups is 1. The molecule has 0 aliphatic heterocycles. The molecule has 0 radical (unpaired) electrons. The van der Waals surface area contributed by atoms with E-state index in [1.807, 2.05) is 24.3 Å². The highest BCUT2D eigenvalue weighted by molar-refractivity contribution is 7.15. The van der Waals surface area contributed by atoms with Gasteiger partial charge in [-0.1, -0.05) is 42.5 Å². The molecule has 1 heterocycles. The SMILES string of the molecule is CCCc1nnc(NC(=O)NCCc2ccc(CO)cc2)s1. The second kappa shape index (κ2) is 8.45. The number of hydrogen-bond acceptors (Lipinski definition) is 5. The molecule has 1 aromatic heterocycles. The maximum atomic E-state index is 11.8. The Bertz CT molecular complexity index is 598. The van der Waals surface area contributed by atoms with Crippen LogP contribution in [0.2, 0.25) is 0 Å². The number of aliphatic hydroxyl groups excluding tert-OH is 1. The fourth-order valence-corrected chi connectivity index (χ4v) is 2.73. The van der Waals surface area contributed by atoms with Crippen LogP contribution in [0.15, 0.2) is 24.3 Å². The summed E-state index contributed by atoms with van der Waals surface area (Å²) in [5, 5.41) is 23.8. The molecule has 1 aromatic carbocycles. The normalized spacial score (nSPS) is 10.5. The number of aliphatic hydroxyl groups is 1. The summed E-state index contributed by atoms with van der Waals surface area (Å²) in [6.07, 6.45) is 2.62. The van der Waals surface area contributed by atoms with E-state index >= 15 is 0 Å². The van der Waals surface area contributed by atoms with E-state index in [0.717, 1.165) is 35.4 Å². The third-order valence-electron chi connectivity index (χ3n) is 3.06. The number of carbonyl (C=O) groups excluding carboxylic acids is 1. The van der Waals surface area contributed by atoms with Crippen molar-refractivity contribution in [3.63, 3.8) is 0 Å². The van der Waals surface area contributed by atoms with Crippen LogP contribution in [0.4, 0.5) is 9.93 Å². The molecule has 6 nitrogen and oxygen atoms in total. The minimum Gasteiger partial charge on any atom is -0.392 e. The van der Waals surface area contributed by atoms with E-state index in [0.29, 0.717) is 11.7 Å². The van der Waals surface area contributed by atoms with Crippen molar-refractivity contribution in [1.82, 2.24) is 15.5 Å². The standard InChI is InChI=1S/C15H20N4O2S/c1-2-3-13-18-19-15(22-13)17-14(21)16-9-8-11-4-6-12(10-20)7-5-11/h4-7,20H,2-3,8-10H2,1H3,(H2,16,17,19,21). The van der Waals surface area contributed by atoms with Crippen molar-refractivity contribution in [3.8, 4) is 0 Å². The number of rotatable bonds is 7. The van der Waals surface area contributed by atoms with Crippen LogP contribution >= 0.6 is 11.3 Å². The quantitative estimate of drug-likeness (QED) is 0.731. The third-order valence-corrected chi connectivity index (χ3v) is 3.95. The van der Waals surface area contributed by atoms with E-state index in [2.05, 4.69) is 27.8 Å². The van der Waals surface area contributed by atoms with Crippen molar-refractivity contribution in [2.24, 2.45) is 0 Å². The van der Waals surface area contributed by atoms with Gasteiger partial charge in [0.25, 0.3) is 0 Å². The first-order valence-corrected chi connectivity index (χ1v) is 8.08. The van der Waals surface area contributed by atoms with Crippen molar-refractivity contribution < 1.29 is 9.90 Å². The molecule has 118 valence electrons. The van der Waals surface area contributed by atoms with Gasteiger partial charge < -0.3 is 10.4 Å². The molecule has 0 atom stereocenters. The zero-order valence-corrected chi connectivity index (χ0v) is 13.3. The molecule has 2 aromatic rings. The van der Waals surface area contributed by atoms with Gasteiger partial charge in [-0.15, -0.1) is 10.2 Å². The number of hydrogen-bond donors (Lipinski definition) is 3. The van der Waals surface area contributed by atoms with E-state index in [1.165, 1.54) is 11.3 Å². The van der Waals surface area contributed by atoms with Crippen LogP contribution in [0.25, 0.3) is 0 Å². The average molecular weight is 320 g/mol. The van der Waals surface area contributed by atoms with Gasteiger partial charge in [0.1, 0.15) is 5.01 Å². The highest BCUT2D eigenvalue weighted by atomic mass is 32.1. The molecular weight excluding hydrogens is 300 g/mol. The molecule has 0 fully saturated rings. The summed E-state index contributed by atoms with van der Waals surface area (Å²) in [4.78, 5) is 11.8. The van der Waals surface area contributed by atoms with Crippen LogP contribution in [0.1, 0.15) is 29.5 Å². The summed E-state index contributed by atoms with van der Waals surface area (Å²) in [6, 6.07) is 7.39. The molecular formula is C15H20N4O2S. The Labute approximate surface area is 133 Å². The lowest BCUT2D eigenvalue weighted by molar-refractivity contribution is 0.252. The number of nitrogens with zero attached hydrogens (tertiary/aromatic N) is 2. The molecule has 22 heavy (non-hydrogen) atoms. The number of benzene rings is 1. The molecule has 0 aliphatic carbocycles. The van der Waals surface area contributed by atoms with Crippen molar-refractivity contribution in [3.05, 3.63) is 40.4 Å². The summed E-state index contributed by atoms with van der Waals surface area (Å²) in [7, 11) is 0. The predicted molar refractivity (Wildman–Crippen MR) is 87.0 cm³/mol. The minimum absolute atomic E-state index is 0.0444.